The zero-order valence-corrected chi connectivity index (χ0v) is 7.17. The fourth-order valence-corrected chi connectivity index (χ4v) is 0.708. The third-order valence-corrected chi connectivity index (χ3v) is 1.24. The van der Waals surface area contributed by atoms with Gasteiger partial charge in [-0.2, -0.15) is 10.2 Å². The second-order valence-corrected chi connectivity index (χ2v) is 2.25. The molecule has 0 rings (SSSR count). The van der Waals surface area contributed by atoms with Crippen molar-refractivity contribution in [3.63, 3.8) is 0 Å². The van der Waals surface area contributed by atoms with Gasteiger partial charge in [0.05, 0.1) is 0 Å². The van der Waals surface area contributed by atoms with Gasteiger partial charge in [0.15, 0.2) is 0 Å². The molecule has 0 aliphatic rings. The van der Waals surface area contributed by atoms with Crippen LogP contribution in [0.25, 0.3) is 0 Å². The Morgan fingerprint density at radius 2 is 2.36 bits per heavy atom. The van der Waals surface area contributed by atoms with Gasteiger partial charge in [0, 0.05) is 19.8 Å². The van der Waals surface area contributed by atoms with E-state index in [1.54, 1.807) is 7.05 Å². The number of nitrogens with one attached hydrogen (secondary N) is 2. The minimum Gasteiger partial charge on any atom is -0.314 e. The maximum absolute atomic E-state index is 6.98. The molecule has 0 heterocycles. The van der Waals surface area contributed by atoms with Crippen molar-refractivity contribution in [2.24, 2.45) is 10.2 Å². The van der Waals surface area contributed by atoms with Gasteiger partial charge in [0.1, 0.15) is 6.04 Å². The Hall–Kier alpha value is -0.770. The van der Waals surface area contributed by atoms with E-state index in [0.717, 1.165) is 13.0 Å². The molecule has 2 N–H and O–H groups in total. The summed E-state index contributed by atoms with van der Waals surface area (Å²) in [5.74, 6) is 0. The van der Waals surface area contributed by atoms with E-state index in [1.165, 1.54) is 6.21 Å². The predicted octanol–water partition coefficient (Wildman–Crippen LogP) is 1.09. The van der Waals surface area contributed by atoms with Gasteiger partial charge in [-0.05, 0) is 13.0 Å². The minimum atomic E-state index is -0.0912. The summed E-state index contributed by atoms with van der Waals surface area (Å²) < 4.78 is 0. The fraction of sp³-hybridized carbons (Fsp3) is 0.857. The molecule has 0 aromatic carbocycles. The van der Waals surface area contributed by atoms with Gasteiger partial charge in [-0.1, -0.05) is 6.92 Å². The molecule has 4 nitrogen and oxygen atoms in total. The van der Waals surface area contributed by atoms with Crippen molar-refractivity contribution in [1.29, 1.82) is 5.41 Å². The summed E-state index contributed by atoms with van der Waals surface area (Å²) in [5.41, 5.74) is 0. The largest absolute Gasteiger partial charge is 0.314 e. The van der Waals surface area contributed by atoms with Gasteiger partial charge in [-0.3, -0.25) is 0 Å². The third-order valence-electron chi connectivity index (χ3n) is 1.24. The zero-order valence-electron chi connectivity index (χ0n) is 7.17. The Morgan fingerprint density at radius 3 is 2.82 bits per heavy atom. The van der Waals surface area contributed by atoms with Crippen molar-refractivity contribution in [3.8, 4) is 0 Å². The SMILES string of the molecule is CCCNCC(C=N)N=NC. The molecule has 1 unspecified atom stereocenters. The van der Waals surface area contributed by atoms with Crippen molar-refractivity contribution < 1.29 is 0 Å². The maximum atomic E-state index is 6.98. The first-order chi connectivity index (χ1) is 5.35. The lowest BCUT2D eigenvalue weighted by Crippen LogP contribution is -2.26. The van der Waals surface area contributed by atoms with Crippen LogP contribution < -0.4 is 5.32 Å². The second-order valence-electron chi connectivity index (χ2n) is 2.25. The molecule has 0 aliphatic carbocycles. The van der Waals surface area contributed by atoms with Crippen LogP contribution in [0.15, 0.2) is 10.2 Å². The highest BCUT2D eigenvalue weighted by Gasteiger charge is 1.99. The molecule has 4 heteroatoms. The highest BCUT2D eigenvalue weighted by Crippen LogP contribution is 1.85. The lowest BCUT2D eigenvalue weighted by atomic mass is 10.3. The summed E-state index contributed by atoms with van der Waals surface area (Å²) in [6, 6.07) is -0.0912. The molecule has 64 valence electrons. The lowest BCUT2D eigenvalue weighted by molar-refractivity contribution is 0.635. The van der Waals surface area contributed by atoms with Crippen LogP contribution in [0.5, 0.6) is 0 Å². The molecule has 0 aliphatic heterocycles. The molecule has 0 saturated carbocycles. The van der Waals surface area contributed by atoms with Gasteiger partial charge in [0.25, 0.3) is 0 Å². The summed E-state index contributed by atoms with van der Waals surface area (Å²) in [6.45, 7) is 3.80. The van der Waals surface area contributed by atoms with Gasteiger partial charge in [0.2, 0.25) is 0 Å². The van der Waals surface area contributed by atoms with E-state index < -0.39 is 0 Å². The van der Waals surface area contributed by atoms with E-state index in [9.17, 15) is 0 Å². The van der Waals surface area contributed by atoms with E-state index in [2.05, 4.69) is 22.5 Å². The van der Waals surface area contributed by atoms with Crippen LogP contribution in [0.2, 0.25) is 0 Å². The molecule has 0 spiro atoms. The van der Waals surface area contributed by atoms with Crippen molar-refractivity contribution in [3.05, 3.63) is 0 Å². The smallest absolute Gasteiger partial charge is 0.117 e. The molecule has 0 radical (unpaired) electrons. The topological polar surface area (TPSA) is 60.6 Å². The summed E-state index contributed by atoms with van der Waals surface area (Å²) in [4.78, 5) is 0. The second kappa shape index (κ2) is 7.34. The van der Waals surface area contributed by atoms with Gasteiger partial charge >= 0.3 is 0 Å². The lowest BCUT2D eigenvalue weighted by Gasteiger charge is -2.04. The van der Waals surface area contributed by atoms with Crippen LogP contribution >= 0.6 is 0 Å². The van der Waals surface area contributed by atoms with Crippen LogP contribution in [-0.2, 0) is 0 Å². The zero-order chi connectivity index (χ0) is 8.53. The third kappa shape index (κ3) is 5.66. The number of azo groups is 1. The van der Waals surface area contributed by atoms with Crippen LogP contribution in [-0.4, -0.2) is 32.4 Å². The van der Waals surface area contributed by atoms with E-state index >= 15 is 0 Å². The molecule has 1 atom stereocenters. The van der Waals surface area contributed by atoms with Crippen molar-refractivity contribution in [1.82, 2.24) is 5.32 Å². The quantitative estimate of drug-likeness (QED) is 0.337. The number of nitrogens with zero attached hydrogens (tertiary/aromatic N) is 2. The van der Waals surface area contributed by atoms with Crippen LogP contribution in [0.4, 0.5) is 0 Å². The standard InChI is InChI=1S/C7H16N4/c1-3-4-10-6-7(5-8)11-9-2/h5,7-8,10H,3-4,6H2,1-2H3. The van der Waals surface area contributed by atoms with Gasteiger partial charge in [-0.15, -0.1) is 0 Å². The molecule has 0 amide bonds. The summed E-state index contributed by atoms with van der Waals surface area (Å²) in [5, 5.41) is 17.6. The van der Waals surface area contributed by atoms with Crippen molar-refractivity contribution >= 4 is 6.21 Å². The fourth-order valence-electron chi connectivity index (χ4n) is 0.708. The number of rotatable bonds is 6. The average molecular weight is 156 g/mol. The van der Waals surface area contributed by atoms with Crippen molar-refractivity contribution in [2.75, 3.05) is 20.1 Å². The monoisotopic (exact) mass is 156 g/mol. The number of hydrogen-bond donors (Lipinski definition) is 2. The van der Waals surface area contributed by atoms with E-state index in [-0.39, 0.29) is 6.04 Å². The average Bonchev–Trinajstić information content (AvgIpc) is 2.03. The molecule has 0 bridgehead atoms. The molecular weight excluding hydrogens is 140 g/mol. The highest BCUT2D eigenvalue weighted by molar-refractivity contribution is 5.60. The Balaban J connectivity index is 3.44. The first-order valence-corrected chi connectivity index (χ1v) is 3.85. The Morgan fingerprint density at radius 1 is 1.64 bits per heavy atom. The Labute approximate surface area is 67.6 Å². The number of hydrogen-bond acceptors (Lipinski definition) is 4. The van der Waals surface area contributed by atoms with E-state index in [4.69, 9.17) is 5.41 Å². The maximum Gasteiger partial charge on any atom is 0.117 e. The van der Waals surface area contributed by atoms with Crippen molar-refractivity contribution in [2.45, 2.75) is 19.4 Å². The minimum absolute atomic E-state index is 0.0912. The summed E-state index contributed by atoms with van der Waals surface area (Å²) in [7, 11) is 1.62. The van der Waals surface area contributed by atoms with E-state index in [1.807, 2.05) is 0 Å². The van der Waals surface area contributed by atoms with Crippen LogP contribution in [0.3, 0.4) is 0 Å². The molecule has 11 heavy (non-hydrogen) atoms. The molecule has 0 aromatic heterocycles. The normalized spacial score (nSPS) is 13.6. The first kappa shape index (κ1) is 10.2. The molecule has 0 aromatic rings. The van der Waals surface area contributed by atoms with Gasteiger partial charge < -0.3 is 10.7 Å². The first-order valence-electron chi connectivity index (χ1n) is 3.85. The van der Waals surface area contributed by atoms with Crippen LogP contribution in [0.1, 0.15) is 13.3 Å². The molecular formula is C7H16N4. The van der Waals surface area contributed by atoms with Crippen LogP contribution in [0, 0.1) is 5.41 Å². The Kier molecular flexibility index (Phi) is 6.82. The summed E-state index contributed by atoms with van der Waals surface area (Å²) >= 11 is 0. The van der Waals surface area contributed by atoms with E-state index in [0.29, 0.717) is 6.54 Å². The molecule has 0 saturated heterocycles. The molecule has 0 fully saturated rings. The Bertz CT molecular complexity index is 122. The highest BCUT2D eigenvalue weighted by atomic mass is 15.1. The predicted molar refractivity (Wildman–Crippen MR) is 46.5 cm³/mol. The van der Waals surface area contributed by atoms with Gasteiger partial charge in [-0.25, -0.2) is 0 Å². The summed E-state index contributed by atoms with van der Waals surface area (Å²) in [6.07, 6.45) is 2.41.